The van der Waals surface area contributed by atoms with Crippen molar-refractivity contribution >= 4 is 18.7 Å². The van der Waals surface area contributed by atoms with Crippen LogP contribution < -0.4 is 4.89 Å². The Morgan fingerprint density at radius 3 is 2.60 bits per heavy atom. The summed E-state index contributed by atoms with van der Waals surface area (Å²) in [5.41, 5.74) is 2.07. The highest BCUT2D eigenvalue weighted by Crippen LogP contribution is 2.40. The molecule has 0 aliphatic carbocycles. The van der Waals surface area contributed by atoms with E-state index in [1.807, 2.05) is 30.5 Å². The number of H-pyrrole nitrogens is 1. The number of aromatic nitrogens is 1. The van der Waals surface area contributed by atoms with E-state index in [1.165, 1.54) is 0 Å². The van der Waals surface area contributed by atoms with E-state index in [4.69, 9.17) is 0 Å². The van der Waals surface area contributed by atoms with Crippen molar-refractivity contribution in [2.45, 2.75) is 12.6 Å². The standard InChI is InChI=1S/C15H20F3N2O4P/c1-20(2,11-24-25(21,22)23-10-15(16,17)18)8-7-12-9-19-14-6-4-3-5-13(12)14/h3-6,9,19H,7-8,10-11H2,1-2H3. The van der Waals surface area contributed by atoms with Crippen LogP contribution in [0.5, 0.6) is 0 Å². The monoisotopic (exact) mass is 380 g/mol. The molecule has 1 aromatic heterocycles. The van der Waals surface area contributed by atoms with Gasteiger partial charge in [-0.15, -0.1) is 0 Å². The number of likely N-dealkylation sites (N-methyl/N-ethyl adjacent to an activating group) is 1. The van der Waals surface area contributed by atoms with Crippen molar-refractivity contribution in [3.63, 3.8) is 0 Å². The number of halogens is 3. The average molecular weight is 380 g/mol. The number of phosphoric acid groups is 1. The smallest absolute Gasteiger partial charge is 0.412 e. The predicted octanol–water partition coefficient (Wildman–Crippen LogP) is 2.81. The summed E-state index contributed by atoms with van der Waals surface area (Å²) in [6.45, 7) is -1.68. The molecule has 6 nitrogen and oxygen atoms in total. The van der Waals surface area contributed by atoms with Gasteiger partial charge in [0.05, 0.1) is 20.6 Å². The lowest BCUT2D eigenvalue weighted by Gasteiger charge is -2.32. The number of benzene rings is 1. The number of nitrogens with zero attached hydrogens (tertiary/aromatic N) is 1. The fraction of sp³-hybridized carbons (Fsp3) is 0.467. The molecular formula is C15H20F3N2O4P. The number of para-hydroxylation sites is 1. The van der Waals surface area contributed by atoms with Crippen LogP contribution in [0.4, 0.5) is 13.2 Å². The summed E-state index contributed by atoms with van der Waals surface area (Å²) >= 11 is 0. The molecule has 1 unspecified atom stereocenters. The van der Waals surface area contributed by atoms with Crippen LogP contribution in [0.2, 0.25) is 0 Å². The lowest BCUT2D eigenvalue weighted by Crippen LogP contribution is -2.43. The van der Waals surface area contributed by atoms with Gasteiger partial charge < -0.3 is 18.9 Å². The van der Waals surface area contributed by atoms with Gasteiger partial charge in [-0.2, -0.15) is 13.2 Å². The van der Waals surface area contributed by atoms with Gasteiger partial charge >= 0.3 is 6.18 Å². The summed E-state index contributed by atoms with van der Waals surface area (Å²) in [4.78, 5) is 14.6. The van der Waals surface area contributed by atoms with Crippen molar-refractivity contribution in [3.05, 3.63) is 36.0 Å². The van der Waals surface area contributed by atoms with E-state index < -0.39 is 20.6 Å². The van der Waals surface area contributed by atoms with Gasteiger partial charge in [-0.25, -0.2) is 0 Å². The van der Waals surface area contributed by atoms with E-state index in [-0.39, 0.29) is 11.2 Å². The summed E-state index contributed by atoms with van der Waals surface area (Å²) in [5.74, 6) is 0. The largest absolute Gasteiger partial charge is 0.756 e. The maximum atomic E-state index is 12.0. The highest BCUT2D eigenvalue weighted by molar-refractivity contribution is 7.45. The minimum absolute atomic E-state index is 0.140. The molecule has 1 heterocycles. The number of nitrogens with one attached hydrogen (secondary N) is 1. The summed E-state index contributed by atoms with van der Waals surface area (Å²) in [5, 5.41) is 1.08. The number of hydrogen-bond acceptors (Lipinski definition) is 4. The molecule has 0 saturated heterocycles. The molecule has 1 aromatic carbocycles. The molecule has 25 heavy (non-hydrogen) atoms. The zero-order chi connectivity index (χ0) is 18.7. The molecule has 1 N–H and O–H groups in total. The minimum atomic E-state index is -5.00. The second kappa shape index (κ2) is 7.47. The highest BCUT2D eigenvalue weighted by atomic mass is 31.2. The number of rotatable bonds is 8. The molecule has 1 atom stereocenters. The highest BCUT2D eigenvalue weighted by Gasteiger charge is 2.31. The Hall–Kier alpha value is -1.38. The lowest BCUT2D eigenvalue weighted by atomic mass is 10.1. The molecule has 140 valence electrons. The first-order valence-corrected chi connectivity index (χ1v) is 8.97. The molecule has 10 heteroatoms. The number of fused-ring (bicyclic) bond motifs is 1. The Labute approximate surface area is 143 Å². The van der Waals surface area contributed by atoms with Crippen LogP contribution in [0.25, 0.3) is 10.9 Å². The van der Waals surface area contributed by atoms with E-state index in [9.17, 15) is 22.6 Å². The van der Waals surface area contributed by atoms with Gasteiger partial charge in [0.2, 0.25) is 0 Å². The van der Waals surface area contributed by atoms with Gasteiger partial charge in [0.15, 0.2) is 13.3 Å². The fourth-order valence-electron chi connectivity index (χ4n) is 2.24. The van der Waals surface area contributed by atoms with Crippen LogP contribution in [0.3, 0.4) is 0 Å². The van der Waals surface area contributed by atoms with Crippen molar-refractivity contribution in [1.29, 1.82) is 0 Å². The van der Waals surface area contributed by atoms with Crippen LogP contribution in [-0.4, -0.2) is 49.6 Å². The van der Waals surface area contributed by atoms with Crippen LogP contribution in [0.1, 0.15) is 5.56 Å². The third-order valence-electron chi connectivity index (χ3n) is 3.61. The number of phosphoric ester groups is 1. The molecule has 0 fully saturated rings. The number of quaternary nitrogens is 1. The molecule has 0 saturated carbocycles. The molecule has 0 amide bonds. The molecule has 0 aliphatic rings. The van der Waals surface area contributed by atoms with Crippen LogP contribution in [-0.2, 0) is 20.0 Å². The zero-order valence-electron chi connectivity index (χ0n) is 13.9. The Morgan fingerprint density at radius 2 is 1.92 bits per heavy atom. The Bertz CT molecular complexity index is 761. The molecule has 2 aromatic rings. The Balaban J connectivity index is 1.88. The van der Waals surface area contributed by atoms with E-state index >= 15 is 0 Å². The summed E-state index contributed by atoms with van der Waals surface area (Å²) < 4.78 is 56.0. The van der Waals surface area contributed by atoms with Crippen LogP contribution in [0, 0.1) is 0 Å². The molecule has 2 rings (SSSR count). The minimum Gasteiger partial charge on any atom is -0.756 e. The van der Waals surface area contributed by atoms with Gasteiger partial charge in [0, 0.05) is 23.5 Å². The molecule has 0 spiro atoms. The molecular weight excluding hydrogens is 360 g/mol. The third kappa shape index (κ3) is 6.45. The second-order valence-electron chi connectivity index (χ2n) is 6.36. The van der Waals surface area contributed by atoms with Gasteiger partial charge in [0.25, 0.3) is 7.82 Å². The van der Waals surface area contributed by atoms with Gasteiger partial charge in [0.1, 0.15) is 0 Å². The first-order valence-electron chi connectivity index (χ1n) is 7.51. The summed E-state index contributed by atoms with van der Waals surface area (Å²) in [6, 6.07) is 7.78. The molecule has 0 aliphatic heterocycles. The second-order valence-corrected chi connectivity index (χ2v) is 7.77. The van der Waals surface area contributed by atoms with E-state index in [0.29, 0.717) is 13.0 Å². The van der Waals surface area contributed by atoms with Crippen molar-refractivity contribution in [3.8, 4) is 0 Å². The first kappa shape index (κ1) is 19.9. The first-order chi connectivity index (χ1) is 11.5. The fourth-order valence-corrected chi connectivity index (χ4v) is 3.08. The Morgan fingerprint density at radius 1 is 1.24 bits per heavy atom. The van der Waals surface area contributed by atoms with E-state index in [0.717, 1.165) is 16.5 Å². The topological polar surface area (TPSA) is 74.4 Å². The van der Waals surface area contributed by atoms with Gasteiger partial charge in [-0.3, -0.25) is 9.09 Å². The normalized spacial score (nSPS) is 15.4. The van der Waals surface area contributed by atoms with Crippen molar-refractivity contribution in [2.24, 2.45) is 0 Å². The van der Waals surface area contributed by atoms with Gasteiger partial charge in [-0.05, 0) is 11.6 Å². The van der Waals surface area contributed by atoms with Crippen molar-refractivity contribution < 1.29 is 36.2 Å². The van der Waals surface area contributed by atoms with E-state index in [1.54, 1.807) is 14.1 Å². The SMILES string of the molecule is C[N+](C)(CCc1c[nH]c2ccccc12)COP(=O)([O-])OCC(F)(F)F. The number of aromatic amines is 1. The Kier molecular flexibility index (Phi) is 5.96. The van der Waals surface area contributed by atoms with Crippen LogP contribution in [0.15, 0.2) is 30.5 Å². The number of hydrogen-bond donors (Lipinski definition) is 1. The van der Waals surface area contributed by atoms with Gasteiger partial charge in [-0.1, -0.05) is 18.2 Å². The molecule has 0 bridgehead atoms. The number of alkyl halides is 3. The quantitative estimate of drug-likeness (QED) is 0.434. The van der Waals surface area contributed by atoms with Crippen molar-refractivity contribution in [1.82, 2.24) is 4.98 Å². The summed E-state index contributed by atoms with van der Waals surface area (Å²) in [7, 11) is -1.56. The molecule has 0 radical (unpaired) electrons. The third-order valence-corrected chi connectivity index (χ3v) is 4.49. The zero-order valence-corrected chi connectivity index (χ0v) is 14.8. The maximum Gasteiger partial charge on any atom is 0.412 e. The average Bonchev–Trinajstić information content (AvgIpc) is 2.93. The van der Waals surface area contributed by atoms with Crippen molar-refractivity contribution in [2.75, 3.05) is 34.0 Å². The lowest BCUT2D eigenvalue weighted by molar-refractivity contribution is -0.906. The van der Waals surface area contributed by atoms with Crippen LogP contribution >= 0.6 is 7.82 Å². The van der Waals surface area contributed by atoms with E-state index in [2.05, 4.69) is 14.0 Å². The maximum absolute atomic E-state index is 12.0. The predicted molar refractivity (Wildman–Crippen MR) is 84.5 cm³/mol. The summed E-state index contributed by atoms with van der Waals surface area (Å²) in [6.07, 6.45) is -2.20.